The smallest absolute Gasteiger partial charge is 0.305 e. The third-order valence-electron chi connectivity index (χ3n) is 6.45. The molecule has 2 N–H and O–H groups in total. The van der Waals surface area contributed by atoms with E-state index in [1.54, 1.807) is 35.4 Å². The van der Waals surface area contributed by atoms with E-state index in [0.29, 0.717) is 35.2 Å². The molecule has 39 heavy (non-hydrogen) atoms. The highest BCUT2D eigenvalue weighted by molar-refractivity contribution is 6.06. The molecule has 0 saturated heterocycles. The summed E-state index contributed by atoms with van der Waals surface area (Å²) >= 11 is 0. The van der Waals surface area contributed by atoms with E-state index in [1.807, 2.05) is 73.7 Å². The predicted octanol–water partition coefficient (Wildman–Crippen LogP) is 5.15. The highest BCUT2D eigenvalue weighted by atomic mass is 16.4. The molecule has 7 heteroatoms. The van der Waals surface area contributed by atoms with Crippen LogP contribution in [0.25, 0.3) is 11.1 Å². The Morgan fingerprint density at radius 2 is 1.44 bits per heavy atom. The van der Waals surface area contributed by atoms with Crippen LogP contribution in [0, 0.1) is 6.92 Å². The maximum absolute atomic E-state index is 13.8. The number of aliphatic carboxylic acids is 1. The summed E-state index contributed by atoms with van der Waals surface area (Å²) in [7, 11) is 0. The number of carbonyl (C=O) groups is 3. The van der Waals surface area contributed by atoms with Crippen molar-refractivity contribution in [1.29, 1.82) is 0 Å². The van der Waals surface area contributed by atoms with Crippen molar-refractivity contribution in [3.8, 4) is 11.1 Å². The van der Waals surface area contributed by atoms with Gasteiger partial charge < -0.3 is 15.3 Å². The summed E-state index contributed by atoms with van der Waals surface area (Å²) < 4.78 is 0. The number of carboxylic acid groups (broad SMARTS) is 1. The summed E-state index contributed by atoms with van der Waals surface area (Å²) in [5.74, 6) is -1.52. The van der Waals surface area contributed by atoms with Crippen LogP contribution in [0.2, 0.25) is 0 Å². The minimum Gasteiger partial charge on any atom is -0.481 e. The lowest BCUT2D eigenvalue weighted by atomic mass is 9.94. The third kappa shape index (κ3) is 7.38. The van der Waals surface area contributed by atoms with E-state index in [-0.39, 0.29) is 31.3 Å². The van der Waals surface area contributed by atoms with E-state index in [9.17, 15) is 19.5 Å². The lowest BCUT2D eigenvalue weighted by Gasteiger charge is -2.24. The van der Waals surface area contributed by atoms with Gasteiger partial charge in [-0.1, -0.05) is 72.3 Å². The Hall–Kier alpha value is -4.78. The molecule has 0 aliphatic rings. The number of carboxylic acids is 1. The normalized spacial score (nSPS) is 10.6. The van der Waals surface area contributed by atoms with Crippen molar-refractivity contribution in [3.63, 3.8) is 0 Å². The molecule has 1 heterocycles. The standard InChI is InChI=1S/C32H31N3O4/c1-23-13-15-24(16-14-23)17-20-35(21-18-30(36)37)32(39)29-12-5-3-10-27(29)26-9-2-4-11-28(26)31(38)34-22-25-8-6-7-19-33-25/h2-16,19H,17-18,20-22H2,1H3,(H,34,38)(H,36,37). The minimum absolute atomic E-state index is 0.0839. The van der Waals surface area contributed by atoms with Gasteiger partial charge in [0.1, 0.15) is 0 Å². The van der Waals surface area contributed by atoms with Gasteiger partial charge in [0.2, 0.25) is 0 Å². The zero-order chi connectivity index (χ0) is 27.6. The number of aromatic nitrogens is 1. The lowest BCUT2D eigenvalue weighted by Crippen LogP contribution is -2.35. The maximum Gasteiger partial charge on any atom is 0.305 e. The summed E-state index contributed by atoms with van der Waals surface area (Å²) in [6.07, 6.45) is 2.11. The van der Waals surface area contributed by atoms with Gasteiger partial charge in [0, 0.05) is 30.4 Å². The summed E-state index contributed by atoms with van der Waals surface area (Å²) in [6, 6.07) is 27.9. The Labute approximate surface area is 228 Å². The van der Waals surface area contributed by atoms with Crippen LogP contribution in [0.5, 0.6) is 0 Å². The molecule has 4 aromatic rings. The van der Waals surface area contributed by atoms with Crippen molar-refractivity contribution in [2.75, 3.05) is 13.1 Å². The van der Waals surface area contributed by atoms with Gasteiger partial charge >= 0.3 is 5.97 Å². The number of nitrogens with zero attached hydrogens (tertiary/aromatic N) is 2. The first-order chi connectivity index (χ1) is 18.9. The second-order valence-electron chi connectivity index (χ2n) is 9.27. The summed E-state index contributed by atoms with van der Waals surface area (Å²) in [6.45, 7) is 2.74. The molecule has 198 valence electrons. The van der Waals surface area contributed by atoms with E-state index in [0.717, 1.165) is 16.8 Å². The quantitative estimate of drug-likeness (QED) is 0.285. The fourth-order valence-electron chi connectivity index (χ4n) is 4.32. The molecule has 1 aromatic heterocycles. The molecule has 0 radical (unpaired) electrons. The van der Waals surface area contributed by atoms with Crippen LogP contribution in [-0.2, 0) is 17.8 Å². The number of aryl methyl sites for hydroxylation is 1. The van der Waals surface area contributed by atoms with Crippen molar-refractivity contribution < 1.29 is 19.5 Å². The maximum atomic E-state index is 13.8. The monoisotopic (exact) mass is 521 g/mol. The first-order valence-electron chi connectivity index (χ1n) is 12.9. The largest absolute Gasteiger partial charge is 0.481 e. The minimum atomic E-state index is -0.966. The van der Waals surface area contributed by atoms with Crippen molar-refractivity contribution in [3.05, 3.63) is 125 Å². The molecule has 0 atom stereocenters. The van der Waals surface area contributed by atoms with Crippen LogP contribution in [0.15, 0.2) is 97.2 Å². The topological polar surface area (TPSA) is 99.6 Å². The fourth-order valence-corrected chi connectivity index (χ4v) is 4.32. The van der Waals surface area contributed by atoms with Crippen molar-refractivity contribution >= 4 is 17.8 Å². The zero-order valence-corrected chi connectivity index (χ0v) is 21.8. The number of hydrogen-bond acceptors (Lipinski definition) is 4. The molecule has 0 fully saturated rings. The Bertz CT molecular complexity index is 1440. The zero-order valence-electron chi connectivity index (χ0n) is 21.8. The van der Waals surface area contributed by atoms with Gasteiger partial charge in [0.15, 0.2) is 0 Å². The summed E-state index contributed by atoms with van der Waals surface area (Å²) in [5.41, 5.74) is 5.04. The molecule has 2 amide bonds. The van der Waals surface area contributed by atoms with E-state index in [2.05, 4.69) is 10.3 Å². The Morgan fingerprint density at radius 3 is 2.10 bits per heavy atom. The molecule has 0 spiro atoms. The molecule has 7 nitrogen and oxygen atoms in total. The van der Waals surface area contributed by atoms with Gasteiger partial charge in [-0.2, -0.15) is 0 Å². The second kappa shape index (κ2) is 13.1. The molecule has 4 rings (SSSR count). The van der Waals surface area contributed by atoms with Crippen LogP contribution in [0.3, 0.4) is 0 Å². The van der Waals surface area contributed by atoms with Crippen LogP contribution in [0.1, 0.15) is 44.0 Å². The average Bonchev–Trinajstić information content (AvgIpc) is 2.97. The fraction of sp³-hybridized carbons (Fsp3) is 0.188. The molecule has 0 saturated carbocycles. The lowest BCUT2D eigenvalue weighted by molar-refractivity contribution is -0.137. The number of pyridine rings is 1. The van der Waals surface area contributed by atoms with Gasteiger partial charge in [0.25, 0.3) is 11.8 Å². The molecule has 0 unspecified atom stereocenters. The first-order valence-corrected chi connectivity index (χ1v) is 12.9. The van der Waals surface area contributed by atoms with Crippen LogP contribution < -0.4 is 5.32 Å². The highest BCUT2D eigenvalue weighted by Crippen LogP contribution is 2.28. The number of hydrogen-bond donors (Lipinski definition) is 2. The number of carbonyl (C=O) groups excluding carboxylic acids is 2. The Balaban J connectivity index is 1.60. The number of nitrogens with one attached hydrogen (secondary N) is 1. The SMILES string of the molecule is Cc1ccc(CCN(CCC(=O)O)C(=O)c2ccccc2-c2ccccc2C(=O)NCc2ccccn2)cc1. The van der Waals surface area contributed by atoms with Crippen molar-refractivity contribution in [2.24, 2.45) is 0 Å². The molecular formula is C32H31N3O4. The molecule has 0 aliphatic carbocycles. The molecule has 0 bridgehead atoms. The van der Waals surface area contributed by atoms with Crippen LogP contribution in [-0.4, -0.2) is 45.9 Å². The highest BCUT2D eigenvalue weighted by Gasteiger charge is 2.22. The van der Waals surface area contributed by atoms with Crippen LogP contribution >= 0.6 is 0 Å². The van der Waals surface area contributed by atoms with Gasteiger partial charge in [-0.15, -0.1) is 0 Å². The number of amides is 2. The van der Waals surface area contributed by atoms with Crippen LogP contribution in [0.4, 0.5) is 0 Å². The van der Waals surface area contributed by atoms with Gasteiger partial charge in [-0.25, -0.2) is 0 Å². The summed E-state index contributed by atoms with van der Waals surface area (Å²) in [5, 5.41) is 12.2. The number of rotatable bonds is 11. The van der Waals surface area contributed by atoms with Gasteiger partial charge in [0.05, 0.1) is 18.7 Å². The Morgan fingerprint density at radius 1 is 0.795 bits per heavy atom. The van der Waals surface area contributed by atoms with E-state index >= 15 is 0 Å². The van der Waals surface area contributed by atoms with Gasteiger partial charge in [-0.3, -0.25) is 19.4 Å². The van der Waals surface area contributed by atoms with E-state index in [1.165, 1.54) is 0 Å². The van der Waals surface area contributed by atoms with E-state index in [4.69, 9.17) is 0 Å². The van der Waals surface area contributed by atoms with Crippen molar-refractivity contribution in [1.82, 2.24) is 15.2 Å². The molecule has 3 aromatic carbocycles. The molecular weight excluding hydrogens is 490 g/mol. The predicted molar refractivity (Wildman–Crippen MR) is 150 cm³/mol. The van der Waals surface area contributed by atoms with Gasteiger partial charge in [-0.05, 0) is 54.3 Å². The van der Waals surface area contributed by atoms with E-state index < -0.39 is 5.97 Å². The first kappa shape index (κ1) is 27.3. The van der Waals surface area contributed by atoms with Crippen molar-refractivity contribution in [2.45, 2.75) is 26.3 Å². The third-order valence-corrected chi connectivity index (χ3v) is 6.45. The molecule has 0 aliphatic heterocycles. The summed E-state index contributed by atoms with van der Waals surface area (Å²) in [4.78, 5) is 44.2. The average molecular weight is 522 g/mol. The Kier molecular flexibility index (Phi) is 9.19. The second-order valence-corrected chi connectivity index (χ2v) is 9.27. The number of benzene rings is 3.